The third-order valence-electron chi connectivity index (χ3n) is 3.74. The first kappa shape index (κ1) is 13.6. The highest BCUT2D eigenvalue weighted by atomic mass is 16.5. The summed E-state index contributed by atoms with van der Waals surface area (Å²) in [4.78, 5) is 0. The largest absolute Gasteiger partial charge is 0.378 e. The first-order valence-electron chi connectivity index (χ1n) is 7.11. The van der Waals surface area contributed by atoms with Gasteiger partial charge < -0.3 is 10.1 Å². The van der Waals surface area contributed by atoms with Gasteiger partial charge in [-0.05, 0) is 44.7 Å². The third kappa shape index (κ3) is 3.82. The van der Waals surface area contributed by atoms with Gasteiger partial charge in [0.1, 0.15) is 0 Å². The lowest BCUT2D eigenvalue weighted by molar-refractivity contribution is 0.0938. The molecule has 0 aromatic carbocycles. The van der Waals surface area contributed by atoms with E-state index in [0.717, 1.165) is 32.4 Å². The second-order valence-electron chi connectivity index (χ2n) is 5.11. The van der Waals surface area contributed by atoms with E-state index in [2.05, 4.69) is 23.4 Å². The maximum absolute atomic E-state index is 5.73. The molecule has 2 heterocycles. The number of hydrogen-bond acceptors (Lipinski definition) is 3. The molecule has 1 saturated heterocycles. The van der Waals surface area contributed by atoms with Crippen LogP contribution in [-0.2, 0) is 18.2 Å². The lowest BCUT2D eigenvalue weighted by Gasteiger charge is -2.21. The zero-order chi connectivity index (χ0) is 12.8. The van der Waals surface area contributed by atoms with Gasteiger partial charge in [0.15, 0.2) is 0 Å². The van der Waals surface area contributed by atoms with E-state index < -0.39 is 0 Å². The molecular weight excluding hydrogens is 226 g/mol. The SMILES string of the molecule is CCNC(CCc1ccnn1C)CC1CCCO1. The normalized spacial score (nSPS) is 21.3. The monoisotopic (exact) mass is 251 g/mol. The molecule has 2 rings (SSSR count). The first-order chi connectivity index (χ1) is 8.79. The number of nitrogens with zero attached hydrogens (tertiary/aromatic N) is 2. The predicted octanol–water partition coefficient (Wildman–Crippen LogP) is 1.90. The summed E-state index contributed by atoms with van der Waals surface area (Å²) in [7, 11) is 2.01. The van der Waals surface area contributed by atoms with E-state index in [1.54, 1.807) is 0 Å². The Bertz CT molecular complexity index is 345. The van der Waals surface area contributed by atoms with Crippen LogP contribution in [0.2, 0.25) is 0 Å². The topological polar surface area (TPSA) is 39.1 Å². The Balaban J connectivity index is 1.79. The minimum Gasteiger partial charge on any atom is -0.378 e. The van der Waals surface area contributed by atoms with Gasteiger partial charge in [0.05, 0.1) is 6.10 Å². The van der Waals surface area contributed by atoms with E-state index in [9.17, 15) is 0 Å². The van der Waals surface area contributed by atoms with Crippen LogP contribution < -0.4 is 5.32 Å². The zero-order valence-corrected chi connectivity index (χ0v) is 11.6. The van der Waals surface area contributed by atoms with Crippen molar-refractivity contribution in [2.75, 3.05) is 13.2 Å². The number of hydrogen-bond donors (Lipinski definition) is 1. The minimum atomic E-state index is 0.473. The molecule has 1 aromatic heterocycles. The van der Waals surface area contributed by atoms with E-state index in [0.29, 0.717) is 12.1 Å². The smallest absolute Gasteiger partial charge is 0.0590 e. The summed E-state index contributed by atoms with van der Waals surface area (Å²) < 4.78 is 7.70. The van der Waals surface area contributed by atoms with E-state index in [1.165, 1.54) is 18.5 Å². The summed E-state index contributed by atoms with van der Waals surface area (Å²) in [5, 5.41) is 7.80. The molecule has 0 spiro atoms. The van der Waals surface area contributed by atoms with Gasteiger partial charge in [-0.25, -0.2) is 0 Å². The standard InChI is InChI=1S/C14H25N3O/c1-3-15-12(11-14-5-4-10-18-14)6-7-13-8-9-16-17(13)2/h8-9,12,14-15H,3-7,10-11H2,1-2H3. The minimum absolute atomic E-state index is 0.473. The van der Waals surface area contributed by atoms with Crippen LogP contribution in [0.5, 0.6) is 0 Å². The second-order valence-corrected chi connectivity index (χ2v) is 5.11. The Morgan fingerprint density at radius 3 is 3.11 bits per heavy atom. The van der Waals surface area contributed by atoms with Gasteiger partial charge in [-0.2, -0.15) is 5.10 Å². The van der Waals surface area contributed by atoms with E-state index >= 15 is 0 Å². The first-order valence-corrected chi connectivity index (χ1v) is 7.11. The highest BCUT2D eigenvalue weighted by Crippen LogP contribution is 2.19. The van der Waals surface area contributed by atoms with Gasteiger partial charge in [0, 0.05) is 31.6 Å². The molecule has 2 atom stereocenters. The van der Waals surface area contributed by atoms with Crippen LogP contribution in [0.4, 0.5) is 0 Å². The van der Waals surface area contributed by atoms with Crippen molar-refractivity contribution in [3.63, 3.8) is 0 Å². The molecule has 18 heavy (non-hydrogen) atoms. The molecule has 0 aliphatic carbocycles. The number of rotatable bonds is 7. The summed E-state index contributed by atoms with van der Waals surface area (Å²) in [6.07, 6.45) is 8.19. The van der Waals surface area contributed by atoms with Gasteiger partial charge >= 0.3 is 0 Å². The average molecular weight is 251 g/mol. The molecule has 1 aliphatic rings. The molecular formula is C14H25N3O. The Kier molecular flexibility index (Phi) is 5.20. The van der Waals surface area contributed by atoms with Crippen LogP contribution in [-0.4, -0.2) is 35.1 Å². The quantitative estimate of drug-likeness (QED) is 0.804. The van der Waals surface area contributed by atoms with Crippen LogP contribution in [0.1, 0.15) is 38.3 Å². The van der Waals surface area contributed by atoms with Crippen molar-refractivity contribution in [1.29, 1.82) is 0 Å². The number of nitrogens with one attached hydrogen (secondary N) is 1. The van der Waals surface area contributed by atoms with Crippen molar-refractivity contribution in [3.8, 4) is 0 Å². The summed E-state index contributed by atoms with van der Waals surface area (Å²) in [5.41, 5.74) is 1.31. The van der Waals surface area contributed by atoms with Gasteiger partial charge in [0.2, 0.25) is 0 Å². The highest BCUT2D eigenvalue weighted by Gasteiger charge is 2.20. The lowest BCUT2D eigenvalue weighted by atomic mass is 10.0. The zero-order valence-electron chi connectivity index (χ0n) is 11.6. The molecule has 1 fully saturated rings. The number of ether oxygens (including phenoxy) is 1. The van der Waals surface area contributed by atoms with Crippen molar-refractivity contribution in [1.82, 2.24) is 15.1 Å². The molecule has 4 heteroatoms. The van der Waals surface area contributed by atoms with Crippen LogP contribution in [0.3, 0.4) is 0 Å². The van der Waals surface area contributed by atoms with Gasteiger partial charge in [0.25, 0.3) is 0 Å². The summed E-state index contributed by atoms with van der Waals surface area (Å²) >= 11 is 0. The maximum atomic E-state index is 5.73. The summed E-state index contributed by atoms with van der Waals surface area (Å²) in [5.74, 6) is 0. The molecule has 1 aliphatic heterocycles. The number of aryl methyl sites for hydroxylation is 2. The van der Waals surface area contributed by atoms with Crippen LogP contribution >= 0.6 is 0 Å². The molecule has 2 unspecified atom stereocenters. The third-order valence-corrected chi connectivity index (χ3v) is 3.74. The fourth-order valence-corrected chi connectivity index (χ4v) is 2.71. The van der Waals surface area contributed by atoms with Crippen LogP contribution in [0.15, 0.2) is 12.3 Å². The van der Waals surface area contributed by atoms with Crippen molar-refractivity contribution in [2.24, 2.45) is 7.05 Å². The van der Waals surface area contributed by atoms with Gasteiger partial charge in [-0.1, -0.05) is 6.92 Å². The molecule has 0 saturated carbocycles. The van der Waals surface area contributed by atoms with E-state index in [-0.39, 0.29) is 0 Å². The Labute approximate surface area is 110 Å². The van der Waals surface area contributed by atoms with Crippen molar-refractivity contribution in [2.45, 2.75) is 51.2 Å². The fraction of sp³-hybridized carbons (Fsp3) is 0.786. The predicted molar refractivity (Wildman–Crippen MR) is 72.6 cm³/mol. The van der Waals surface area contributed by atoms with Crippen molar-refractivity contribution >= 4 is 0 Å². The van der Waals surface area contributed by atoms with Crippen molar-refractivity contribution < 1.29 is 4.74 Å². The van der Waals surface area contributed by atoms with Crippen molar-refractivity contribution in [3.05, 3.63) is 18.0 Å². The highest BCUT2D eigenvalue weighted by molar-refractivity contribution is 5.00. The molecule has 0 amide bonds. The van der Waals surface area contributed by atoms with E-state index in [1.807, 2.05) is 17.9 Å². The van der Waals surface area contributed by atoms with Crippen LogP contribution in [0, 0.1) is 0 Å². The average Bonchev–Trinajstić information content (AvgIpc) is 2.98. The Morgan fingerprint density at radius 2 is 2.50 bits per heavy atom. The molecule has 0 bridgehead atoms. The molecule has 102 valence electrons. The maximum Gasteiger partial charge on any atom is 0.0590 e. The lowest BCUT2D eigenvalue weighted by Crippen LogP contribution is -2.33. The number of aromatic nitrogens is 2. The molecule has 0 radical (unpaired) electrons. The fourth-order valence-electron chi connectivity index (χ4n) is 2.71. The Hall–Kier alpha value is -0.870. The van der Waals surface area contributed by atoms with Gasteiger partial charge in [-0.15, -0.1) is 0 Å². The summed E-state index contributed by atoms with van der Waals surface area (Å²) in [6.45, 7) is 4.15. The molecule has 1 N–H and O–H groups in total. The second kappa shape index (κ2) is 6.90. The van der Waals surface area contributed by atoms with Crippen LogP contribution in [0.25, 0.3) is 0 Å². The van der Waals surface area contributed by atoms with Gasteiger partial charge in [-0.3, -0.25) is 4.68 Å². The summed E-state index contributed by atoms with van der Waals surface area (Å²) in [6, 6.07) is 2.67. The molecule has 4 nitrogen and oxygen atoms in total. The molecule has 1 aromatic rings. The van der Waals surface area contributed by atoms with E-state index in [4.69, 9.17) is 4.74 Å². The Morgan fingerprint density at radius 1 is 1.61 bits per heavy atom.